The second-order valence-corrected chi connectivity index (χ2v) is 4.63. The summed E-state index contributed by atoms with van der Waals surface area (Å²) in [4.78, 5) is 2.32. The molecule has 2 fully saturated rings. The molecular formula is C11H22N2O2. The summed E-state index contributed by atoms with van der Waals surface area (Å²) in [6.07, 6.45) is 1.83. The van der Waals surface area contributed by atoms with Crippen molar-refractivity contribution in [3.63, 3.8) is 0 Å². The molecule has 15 heavy (non-hydrogen) atoms. The van der Waals surface area contributed by atoms with Crippen LogP contribution >= 0.6 is 0 Å². The fourth-order valence-corrected chi connectivity index (χ4v) is 2.27. The zero-order valence-electron chi connectivity index (χ0n) is 9.74. The van der Waals surface area contributed by atoms with Crippen LogP contribution < -0.4 is 5.32 Å². The van der Waals surface area contributed by atoms with Crippen LogP contribution in [0.2, 0.25) is 0 Å². The van der Waals surface area contributed by atoms with Crippen molar-refractivity contribution < 1.29 is 9.47 Å². The van der Waals surface area contributed by atoms with Gasteiger partial charge in [0.2, 0.25) is 0 Å². The second-order valence-electron chi connectivity index (χ2n) is 4.63. The number of hydrogen-bond acceptors (Lipinski definition) is 4. The molecule has 2 aliphatic heterocycles. The minimum absolute atomic E-state index is 0.344. The van der Waals surface area contributed by atoms with Crippen LogP contribution in [0.4, 0.5) is 0 Å². The first-order valence-electron chi connectivity index (χ1n) is 5.91. The van der Waals surface area contributed by atoms with Crippen LogP contribution in [0.25, 0.3) is 0 Å². The minimum Gasteiger partial charge on any atom is -0.377 e. The highest BCUT2D eigenvalue weighted by atomic mass is 16.5. The lowest BCUT2D eigenvalue weighted by Crippen LogP contribution is -2.47. The highest BCUT2D eigenvalue weighted by Gasteiger charge is 2.25. The van der Waals surface area contributed by atoms with Crippen molar-refractivity contribution in [1.29, 1.82) is 0 Å². The van der Waals surface area contributed by atoms with E-state index in [9.17, 15) is 0 Å². The summed E-state index contributed by atoms with van der Waals surface area (Å²) in [6, 6.07) is 0.515. The summed E-state index contributed by atoms with van der Waals surface area (Å²) < 4.78 is 11.2. The number of nitrogens with one attached hydrogen (secondary N) is 1. The third-order valence-corrected chi connectivity index (χ3v) is 3.33. The molecular weight excluding hydrogens is 192 g/mol. The van der Waals surface area contributed by atoms with Gasteiger partial charge in [0, 0.05) is 32.3 Å². The van der Waals surface area contributed by atoms with Gasteiger partial charge in [-0.15, -0.1) is 0 Å². The molecule has 3 atom stereocenters. The number of hydrogen-bond donors (Lipinski definition) is 1. The van der Waals surface area contributed by atoms with Crippen molar-refractivity contribution in [2.45, 2.75) is 31.6 Å². The summed E-state index contributed by atoms with van der Waals surface area (Å²) in [6.45, 7) is 6.93. The van der Waals surface area contributed by atoms with Gasteiger partial charge in [0.1, 0.15) is 0 Å². The lowest BCUT2D eigenvalue weighted by Gasteiger charge is -2.31. The van der Waals surface area contributed by atoms with E-state index in [2.05, 4.69) is 24.2 Å². The molecule has 0 unspecified atom stereocenters. The molecule has 2 heterocycles. The molecule has 0 aliphatic carbocycles. The summed E-state index contributed by atoms with van der Waals surface area (Å²) >= 11 is 0. The van der Waals surface area contributed by atoms with Crippen molar-refractivity contribution in [2.24, 2.45) is 0 Å². The summed E-state index contributed by atoms with van der Waals surface area (Å²) in [5.41, 5.74) is 0. The first kappa shape index (κ1) is 11.3. The molecule has 1 N–H and O–H groups in total. The number of morpholine rings is 1. The quantitative estimate of drug-likeness (QED) is 0.721. The van der Waals surface area contributed by atoms with Gasteiger partial charge in [-0.05, 0) is 20.4 Å². The van der Waals surface area contributed by atoms with E-state index in [4.69, 9.17) is 9.47 Å². The molecule has 0 spiro atoms. The van der Waals surface area contributed by atoms with Gasteiger partial charge < -0.3 is 19.7 Å². The second kappa shape index (κ2) is 5.25. The SMILES string of the molecule is C[C@@H]1OCC[C@H]1NC[C@@H]1CN(C)CCO1. The van der Waals surface area contributed by atoms with Gasteiger partial charge >= 0.3 is 0 Å². The van der Waals surface area contributed by atoms with Crippen LogP contribution in [0.1, 0.15) is 13.3 Å². The van der Waals surface area contributed by atoms with E-state index in [1.165, 1.54) is 0 Å². The first-order valence-corrected chi connectivity index (χ1v) is 5.91. The maximum atomic E-state index is 5.70. The predicted octanol–water partition coefficient (Wildman–Crippen LogP) is 0.0840. The molecule has 4 heteroatoms. The van der Waals surface area contributed by atoms with E-state index in [0.717, 1.165) is 39.3 Å². The normalized spacial score (nSPS) is 38.4. The largest absolute Gasteiger partial charge is 0.377 e. The molecule has 2 saturated heterocycles. The van der Waals surface area contributed by atoms with Gasteiger partial charge in [-0.2, -0.15) is 0 Å². The minimum atomic E-state index is 0.344. The summed E-state index contributed by atoms with van der Waals surface area (Å²) in [5.74, 6) is 0. The van der Waals surface area contributed by atoms with E-state index in [-0.39, 0.29) is 0 Å². The molecule has 0 saturated carbocycles. The van der Waals surface area contributed by atoms with E-state index < -0.39 is 0 Å². The molecule has 88 valence electrons. The Kier molecular flexibility index (Phi) is 3.97. The van der Waals surface area contributed by atoms with Gasteiger partial charge in [0.05, 0.1) is 18.8 Å². The number of ether oxygens (including phenoxy) is 2. The number of nitrogens with zero attached hydrogens (tertiary/aromatic N) is 1. The Morgan fingerprint density at radius 2 is 2.20 bits per heavy atom. The van der Waals surface area contributed by atoms with Crippen molar-refractivity contribution in [3.05, 3.63) is 0 Å². The molecule has 0 aromatic carbocycles. The van der Waals surface area contributed by atoms with Gasteiger partial charge in [0.25, 0.3) is 0 Å². The van der Waals surface area contributed by atoms with Gasteiger partial charge in [-0.3, -0.25) is 0 Å². The van der Waals surface area contributed by atoms with Crippen molar-refractivity contribution in [2.75, 3.05) is 39.9 Å². The third-order valence-electron chi connectivity index (χ3n) is 3.33. The average Bonchev–Trinajstić information content (AvgIpc) is 2.61. The number of likely N-dealkylation sites (N-methyl/N-ethyl adjacent to an activating group) is 1. The third kappa shape index (κ3) is 3.14. The van der Waals surface area contributed by atoms with E-state index >= 15 is 0 Å². The Hall–Kier alpha value is -0.160. The molecule has 2 rings (SSSR count). The summed E-state index contributed by atoms with van der Waals surface area (Å²) in [7, 11) is 2.15. The van der Waals surface area contributed by atoms with Crippen molar-refractivity contribution in [3.8, 4) is 0 Å². The van der Waals surface area contributed by atoms with E-state index in [0.29, 0.717) is 18.2 Å². The molecule has 0 amide bonds. The fraction of sp³-hybridized carbons (Fsp3) is 1.00. The zero-order valence-corrected chi connectivity index (χ0v) is 9.74. The molecule has 4 nitrogen and oxygen atoms in total. The number of rotatable bonds is 3. The molecule has 0 bridgehead atoms. The lowest BCUT2D eigenvalue weighted by atomic mass is 10.1. The molecule has 0 radical (unpaired) electrons. The smallest absolute Gasteiger partial charge is 0.0826 e. The van der Waals surface area contributed by atoms with Gasteiger partial charge in [0.15, 0.2) is 0 Å². The lowest BCUT2D eigenvalue weighted by molar-refractivity contribution is -0.0202. The highest BCUT2D eigenvalue weighted by Crippen LogP contribution is 2.13. The van der Waals surface area contributed by atoms with Crippen LogP contribution in [-0.2, 0) is 9.47 Å². The Labute approximate surface area is 91.9 Å². The van der Waals surface area contributed by atoms with Crippen molar-refractivity contribution in [1.82, 2.24) is 10.2 Å². The average molecular weight is 214 g/mol. The monoisotopic (exact) mass is 214 g/mol. The van der Waals surface area contributed by atoms with Gasteiger partial charge in [-0.1, -0.05) is 0 Å². The Bertz CT molecular complexity index is 201. The Balaban J connectivity index is 1.68. The van der Waals surface area contributed by atoms with Gasteiger partial charge in [-0.25, -0.2) is 0 Å². The summed E-state index contributed by atoms with van der Waals surface area (Å²) in [5, 5.41) is 3.54. The predicted molar refractivity (Wildman–Crippen MR) is 59.1 cm³/mol. The van der Waals surface area contributed by atoms with Crippen LogP contribution in [0.15, 0.2) is 0 Å². The Morgan fingerprint density at radius 3 is 2.87 bits per heavy atom. The first-order chi connectivity index (χ1) is 7.25. The fourth-order valence-electron chi connectivity index (χ4n) is 2.27. The maximum Gasteiger partial charge on any atom is 0.0826 e. The topological polar surface area (TPSA) is 33.7 Å². The van der Waals surface area contributed by atoms with Crippen LogP contribution in [-0.4, -0.2) is 63.0 Å². The molecule has 2 aliphatic rings. The zero-order chi connectivity index (χ0) is 10.7. The Morgan fingerprint density at radius 1 is 1.33 bits per heavy atom. The molecule has 0 aromatic heterocycles. The van der Waals surface area contributed by atoms with Crippen LogP contribution in [0.5, 0.6) is 0 Å². The van der Waals surface area contributed by atoms with E-state index in [1.807, 2.05) is 0 Å². The van der Waals surface area contributed by atoms with Crippen LogP contribution in [0.3, 0.4) is 0 Å². The molecule has 0 aromatic rings. The maximum absolute atomic E-state index is 5.70. The van der Waals surface area contributed by atoms with Crippen LogP contribution in [0, 0.1) is 0 Å². The standard InChI is InChI=1S/C11H22N2O2/c1-9-11(3-5-14-9)12-7-10-8-13(2)4-6-15-10/h9-12H,3-8H2,1-2H3/t9-,10+,11+/m0/s1. The highest BCUT2D eigenvalue weighted by molar-refractivity contribution is 4.81. The van der Waals surface area contributed by atoms with Crippen molar-refractivity contribution >= 4 is 0 Å². The van der Waals surface area contributed by atoms with E-state index in [1.54, 1.807) is 0 Å².